The fourth-order valence-corrected chi connectivity index (χ4v) is 3.59. The first-order chi connectivity index (χ1) is 11.2. The number of aromatic nitrogens is 1. The van der Waals surface area contributed by atoms with Gasteiger partial charge in [-0.2, -0.15) is 0 Å². The zero-order valence-corrected chi connectivity index (χ0v) is 12.8. The van der Waals surface area contributed by atoms with Gasteiger partial charge in [-0.1, -0.05) is 30.4 Å². The number of hydrogen-bond acceptors (Lipinski definition) is 3. The Morgan fingerprint density at radius 3 is 3.00 bits per heavy atom. The monoisotopic (exact) mass is 306 g/mol. The minimum absolute atomic E-state index is 0.0794. The second-order valence-electron chi connectivity index (χ2n) is 6.29. The van der Waals surface area contributed by atoms with E-state index in [-0.39, 0.29) is 5.78 Å². The van der Waals surface area contributed by atoms with Gasteiger partial charge in [0, 0.05) is 29.1 Å². The SMILES string of the molecule is O=C(C1=CC=C2C[NH+]([O-])CCC2C1)c1ccnc2ccccc12. The summed E-state index contributed by atoms with van der Waals surface area (Å²) in [6.45, 7) is 1.20. The van der Waals surface area contributed by atoms with Crippen molar-refractivity contribution in [1.29, 1.82) is 0 Å². The number of ketones is 1. The van der Waals surface area contributed by atoms with E-state index in [0.29, 0.717) is 29.6 Å². The molecule has 23 heavy (non-hydrogen) atoms. The third kappa shape index (κ3) is 2.60. The molecule has 4 heteroatoms. The largest absolute Gasteiger partial charge is 0.634 e. The first-order valence-electron chi connectivity index (χ1n) is 8.02. The molecular formula is C19H18N2O2. The number of allylic oxidation sites excluding steroid dienone is 3. The Morgan fingerprint density at radius 2 is 2.09 bits per heavy atom. The minimum Gasteiger partial charge on any atom is -0.634 e. The van der Waals surface area contributed by atoms with E-state index in [1.165, 1.54) is 5.57 Å². The highest BCUT2D eigenvalue weighted by Crippen LogP contribution is 2.31. The summed E-state index contributed by atoms with van der Waals surface area (Å²) in [5, 5.41) is 12.8. The number of carbonyl (C=O) groups excluding carboxylic acids is 1. The Morgan fingerprint density at radius 1 is 1.22 bits per heavy atom. The molecule has 4 nitrogen and oxygen atoms in total. The molecule has 1 fully saturated rings. The van der Waals surface area contributed by atoms with Crippen molar-refractivity contribution in [3.63, 3.8) is 0 Å². The van der Waals surface area contributed by atoms with Gasteiger partial charge in [0.25, 0.3) is 0 Å². The van der Waals surface area contributed by atoms with Crippen LogP contribution in [0.15, 0.2) is 59.8 Å². The van der Waals surface area contributed by atoms with Crippen LogP contribution < -0.4 is 5.06 Å². The number of benzene rings is 1. The number of nitrogens with one attached hydrogen (secondary N) is 1. The van der Waals surface area contributed by atoms with Crippen LogP contribution in [0.25, 0.3) is 10.9 Å². The Labute approximate surface area is 134 Å². The molecule has 1 aliphatic heterocycles. The van der Waals surface area contributed by atoms with Gasteiger partial charge in [-0.25, -0.2) is 0 Å². The highest BCUT2D eigenvalue weighted by atomic mass is 16.5. The number of piperidine rings is 1. The van der Waals surface area contributed by atoms with Gasteiger partial charge < -0.3 is 10.3 Å². The summed E-state index contributed by atoms with van der Waals surface area (Å²) in [5.74, 6) is 0.431. The Balaban J connectivity index is 1.69. The van der Waals surface area contributed by atoms with Crippen molar-refractivity contribution < 1.29 is 9.86 Å². The van der Waals surface area contributed by atoms with E-state index < -0.39 is 0 Å². The number of para-hydroxylation sites is 1. The molecule has 1 aromatic carbocycles. The third-order valence-corrected chi connectivity index (χ3v) is 4.85. The maximum Gasteiger partial charge on any atom is 0.189 e. The molecule has 0 amide bonds. The van der Waals surface area contributed by atoms with Crippen LogP contribution in [0.5, 0.6) is 0 Å². The van der Waals surface area contributed by atoms with Gasteiger partial charge in [0.05, 0.1) is 18.6 Å². The number of hydrogen-bond donors (Lipinski definition) is 1. The molecule has 1 saturated heterocycles. The lowest BCUT2D eigenvalue weighted by Gasteiger charge is -2.35. The molecule has 4 rings (SSSR count). The summed E-state index contributed by atoms with van der Waals surface area (Å²) in [4.78, 5) is 17.3. The van der Waals surface area contributed by atoms with E-state index >= 15 is 0 Å². The Bertz CT molecular complexity index is 833. The lowest BCUT2D eigenvalue weighted by Crippen LogP contribution is -3.08. The van der Waals surface area contributed by atoms with Crippen molar-refractivity contribution >= 4 is 16.7 Å². The van der Waals surface area contributed by atoms with Crippen molar-refractivity contribution in [3.8, 4) is 0 Å². The van der Waals surface area contributed by atoms with Crippen molar-refractivity contribution in [2.45, 2.75) is 12.8 Å². The zero-order chi connectivity index (χ0) is 15.8. The zero-order valence-electron chi connectivity index (χ0n) is 12.8. The van der Waals surface area contributed by atoms with Crippen LogP contribution in [-0.4, -0.2) is 23.9 Å². The number of rotatable bonds is 2. The molecule has 2 unspecified atom stereocenters. The number of quaternary nitrogens is 1. The van der Waals surface area contributed by atoms with Crippen LogP contribution in [0.3, 0.4) is 0 Å². The van der Waals surface area contributed by atoms with Gasteiger partial charge in [-0.05, 0) is 30.0 Å². The van der Waals surface area contributed by atoms with Crippen molar-refractivity contribution in [1.82, 2.24) is 4.98 Å². The van der Waals surface area contributed by atoms with E-state index in [9.17, 15) is 10.0 Å². The molecule has 2 aromatic rings. The number of Topliss-reactive ketones (excluding diaryl/α,β-unsaturated/α-hetero) is 1. The average molecular weight is 306 g/mol. The van der Waals surface area contributed by atoms with Crippen LogP contribution in [-0.2, 0) is 0 Å². The third-order valence-electron chi connectivity index (χ3n) is 4.85. The molecule has 0 bridgehead atoms. The van der Waals surface area contributed by atoms with Gasteiger partial charge in [0.2, 0.25) is 0 Å². The molecule has 2 atom stereocenters. The number of nitrogens with zero attached hydrogens (tertiary/aromatic N) is 1. The molecule has 2 aliphatic rings. The molecule has 1 aromatic heterocycles. The van der Waals surface area contributed by atoms with Crippen LogP contribution in [0.2, 0.25) is 0 Å². The second-order valence-corrected chi connectivity index (χ2v) is 6.29. The number of pyridine rings is 1. The Hall–Kier alpha value is -2.30. The van der Waals surface area contributed by atoms with E-state index in [1.54, 1.807) is 12.3 Å². The normalized spacial score (nSPS) is 23.9. The van der Waals surface area contributed by atoms with Crippen LogP contribution in [0.1, 0.15) is 23.2 Å². The predicted molar refractivity (Wildman–Crippen MR) is 89.0 cm³/mol. The predicted octanol–water partition coefficient (Wildman–Crippen LogP) is 2.08. The number of fused-ring (bicyclic) bond motifs is 2. The van der Waals surface area contributed by atoms with Crippen molar-refractivity contribution in [2.24, 2.45) is 5.92 Å². The maximum atomic E-state index is 13.0. The standard InChI is InChI=1S/C19H18N2O2/c22-19(17-7-9-20-18-4-2-1-3-16(17)18)14-5-6-15-12-21(23)10-8-13(15)11-14/h1-7,9,13,21H,8,10-12H2. The summed E-state index contributed by atoms with van der Waals surface area (Å²) < 4.78 is 0. The lowest BCUT2D eigenvalue weighted by molar-refractivity contribution is -0.848. The molecule has 0 radical (unpaired) electrons. The number of hydroxylamine groups is 2. The molecule has 0 saturated carbocycles. The fourth-order valence-electron chi connectivity index (χ4n) is 3.59. The summed E-state index contributed by atoms with van der Waals surface area (Å²) >= 11 is 0. The minimum atomic E-state index is 0.0794. The van der Waals surface area contributed by atoms with E-state index in [0.717, 1.165) is 29.3 Å². The average Bonchev–Trinajstić information content (AvgIpc) is 2.60. The van der Waals surface area contributed by atoms with E-state index in [2.05, 4.69) is 4.98 Å². The van der Waals surface area contributed by atoms with Crippen LogP contribution >= 0.6 is 0 Å². The molecule has 1 N–H and O–H groups in total. The number of carbonyl (C=O) groups is 1. The fraction of sp³-hybridized carbons (Fsp3) is 0.263. The first kappa shape index (κ1) is 14.3. The highest BCUT2D eigenvalue weighted by molar-refractivity contribution is 6.15. The van der Waals surface area contributed by atoms with Gasteiger partial charge in [0.1, 0.15) is 0 Å². The quantitative estimate of drug-likeness (QED) is 0.682. The summed E-state index contributed by atoms with van der Waals surface area (Å²) in [6.07, 6.45) is 7.20. The molecular weight excluding hydrogens is 288 g/mol. The molecule has 0 spiro atoms. The van der Waals surface area contributed by atoms with Gasteiger partial charge in [-0.15, -0.1) is 0 Å². The lowest BCUT2D eigenvalue weighted by atomic mass is 9.80. The van der Waals surface area contributed by atoms with E-state index in [1.807, 2.05) is 36.4 Å². The molecule has 2 heterocycles. The highest BCUT2D eigenvalue weighted by Gasteiger charge is 2.28. The Kier molecular flexibility index (Phi) is 3.56. The smallest absolute Gasteiger partial charge is 0.189 e. The van der Waals surface area contributed by atoms with Gasteiger partial charge in [-0.3, -0.25) is 9.78 Å². The first-order valence-corrected chi connectivity index (χ1v) is 8.02. The molecule has 1 aliphatic carbocycles. The topological polar surface area (TPSA) is 57.5 Å². The van der Waals surface area contributed by atoms with Crippen molar-refractivity contribution in [2.75, 3.05) is 13.1 Å². The van der Waals surface area contributed by atoms with Gasteiger partial charge >= 0.3 is 0 Å². The summed E-state index contributed by atoms with van der Waals surface area (Å²) in [7, 11) is 0. The van der Waals surface area contributed by atoms with Gasteiger partial charge in [0.15, 0.2) is 5.78 Å². The summed E-state index contributed by atoms with van der Waals surface area (Å²) in [6, 6.07) is 9.53. The van der Waals surface area contributed by atoms with E-state index in [4.69, 9.17) is 0 Å². The second kappa shape index (κ2) is 5.72. The van der Waals surface area contributed by atoms with Crippen LogP contribution in [0, 0.1) is 11.1 Å². The molecule has 116 valence electrons. The summed E-state index contributed by atoms with van der Waals surface area (Å²) in [5.41, 5.74) is 3.58. The maximum absolute atomic E-state index is 13.0. The van der Waals surface area contributed by atoms with Crippen LogP contribution in [0.4, 0.5) is 0 Å². The van der Waals surface area contributed by atoms with Crippen molar-refractivity contribution in [3.05, 3.63) is 70.6 Å².